The highest BCUT2D eigenvalue weighted by Gasteiger charge is 2.23. The minimum Gasteiger partial charge on any atom is -0.398 e. The van der Waals surface area contributed by atoms with E-state index >= 15 is 0 Å². The Bertz CT molecular complexity index is 712. The van der Waals surface area contributed by atoms with Crippen molar-refractivity contribution in [3.8, 4) is 0 Å². The first-order valence-electron chi connectivity index (χ1n) is 6.98. The van der Waals surface area contributed by atoms with Gasteiger partial charge in [-0.1, -0.05) is 28.1 Å². The Morgan fingerprint density at radius 1 is 1.29 bits per heavy atom. The molecule has 0 atom stereocenters. The predicted molar refractivity (Wildman–Crippen MR) is 88.2 cm³/mol. The molecule has 4 heteroatoms. The molecule has 0 unspecified atom stereocenters. The van der Waals surface area contributed by atoms with Gasteiger partial charge in [0.1, 0.15) is 0 Å². The lowest BCUT2D eigenvalue weighted by molar-refractivity contribution is 0.0734. The minimum atomic E-state index is 0.0777. The number of amides is 1. The number of carbonyl (C=O) groups is 1. The summed E-state index contributed by atoms with van der Waals surface area (Å²) in [6.07, 6.45) is 0.863. The van der Waals surface area contributed by atoms with Gasteiger partial charge in [-0.2, -0.15) is 0 Å². The van der Waals surface area contributed by atoms with Gasteiger partial charge in [-0.15, -0.1) is 0 Å². The summed E-state index contributed by atoms with van der Waals surface area (Å²) in [5, 5.41) is 0. The van der Waals surface area contributed by atoms with Crippen molar-refractivity contribution in [2.75, 3.05) is 12.3 Å². The molecule has 1 heterocycles. The summed E-state index contributed by atoms with van der Waals surface area (Å²) in [7, 11) is 0. The quantitative estimate of drug-likeness (QED) is 0.804. The normalized spacial score (nSPS) is 13.9. The summed E-state index contributed by atoms with van der Waals surface area (Å²) in [5.41, 5.74) is 10.9. The van der Waals surface area contributed by atoms with E-state index < -0.39 is 0 Å². The van der Waals surface area contributed by atoms with Crippen LogP contribution in [0.1, 0.15) is 27.0 Å². The number of halogens is 1. The zero-order valence-electron chi connectivity index (χ0n) is 11.9. The summed E-state index contributed by atoms with van der Waals surface area (Å²) in [4.78, 5) is 14.6. The second-order valence-corrected chi connectivity index (χ2v) is 6.34. The Morgan fingerprint density at radius 3 is 2.86 bits per heavy atom. The van der Waals surface area contributed by atoms with Gasteiger partial charge in [0.25, 0.3) is 5.91 Å². The molecule has 21 heavy (non-hydrogen) atoms. The molecule has 0 saturated heterocycles. The Hall–Kier alpha value is -1.81. The van der Waals surface area contributed by atoms with Crippen molar-refractivity contribution in [3.05, 3.63) is 63.1 Å². The number of anilines is 1. The van der Waals surface area contributed by atoms with Crippen LogP contribution in [0.25, 0.3) is 0 Å². The summed E-state index contributed by atoms with van der Waals surface area (Å²) in [6, 6.07) is 11.7. The fourth-order valence-electron chi connectivity index (χ4n) is 2.82. The van der Waals surface area contributed by atoms with Crippen LogP contribution >= 0.6 is 15.9 Å². The van der Waals surface area contributed by atoms with E-state index in [9.17, 15) is 4.79 Å². The molecule has 0 aromatic heterocycles. The van der Waals surface area contributed by atoms with Crippen LogP contribution in [0.5, 0.6) is 0 Å². The molecule has 0 fully saturated rings. The molecular weight excluding hydrogens is 328 g/mol. The van der Waals surface area contributed by atoms with Crippen molar-refractivity contribution in [3.63, 3.8) is 0 Å². The molecule has 3 rings (SSSR count). The van der Waals surface area contributed by atoms with Crippen LogP contribution in [-0.2, 0) is 13.0 Å². The third kappa shape index (κ3) is 2.68. The molecule has 1 amide bonds. The lowest BCUT2D eigenvalue weighted by atomic mass is 9.97. The molecule has 108 valence electrons. The van der Waals surface area contributed by atoms with Crippen molar-refractivity contribution in [1.29, 1.82) is 0 Å². The lowest BCUT2D eigenvalue weighted by Crippen LogP contribution is -2.36. The van der Waals surface area contributed by atoms with Crippen molar-refractivity contribution in [2.45, 2.75) is 19.9 Å². The molecule has 2 aromatic rings. The van der Waals surface area contributed by atoms with Crippen LogP contribution < -0.4 is 5.73 Å². The zero-order valence-corrected chi connectivity index (χ0v) is 13.5. The van der Waals surface area contributed by atoms with E-state index in [2.05, 4.69) is 22.0 Å². The smallest absolute Gasteiger partial charge is 0.254 e. The van der Waals surface area contributed by atoms with Gasteiger partial charge in [-0.05, 0) is 54.3 Å². The molecule has 0 aliphatic carbocycles. The van der Waals surface area contributed by atoms with Gasteiger partial charge in [-0.25, -0.2) is 0 Å². The first-order valence-corrected chi connectivity index (χ1v) is 7.77. The van der Waals surface area contributed by atoms with Crippen LogP contribution in [0, 0.1) is 6.92 Å². The topological polar surface area (TPSA) is 46.3 Å². The number of hydrogen-bond donors (Lipinski definition) is 1. The van der Waals surface area contributed by atoms with Gasteiger partial charge < -0.3 is 10.6 Å². The Morgan fingerprint density at radius 2 is 2.10 bits per heavy atom. The van der Waals surface area contributed by atoms with Gasteiger partial charge in [-0.3, -0.25) is 4.79 Å². The number of nitrogens with two attached hydrogens (primary N) is 1. The maximum Gasteiger partial charge on any atom is 0.254 e. The van der Waals surface area contributed by atoms with Crippen LogP contribution in [0.15, 0.2) is 40.9 Å². The number of nitrogens with zero attached hydrogens (tertiary/aromatic N) is 1. The highest BCUT2D eigenvalue weighted by atomic mass is 79.9. The molecular formula is C17H17BrN2O. The van der Waals surface area contributed by atoms with E-state index in [4.69, 9.17) is 5.73 Å². The molecule has 2 N–H and O–H groups in total. The second kappa shape index (κ2) is 5.53. The molecule has 1 aliphatic rings. The van der Waals surface area contributed by atoms with E-state index in [1.165, 1.54) is 5.56 Å². The monoisotopic (exact) mass is 344 g/mol. The number of nitrogen functional groups attached to an aromatic ring is 1. The van der Waals surface area contributed by atoms with Gasteiger partial charge >= 0.3 is 0 Å². The first kappa shape index (κ1) is 14.1. The van der Waals surface area contributed by atoms with E-state index in [0.29, 0.717) is 6.54 Å². The molecule has 0 radical (unpaired) electrons. The average Bonchev–Trinajstić information content (AvgIpc) is 2.47. The fourth-order valence-corrected chi connectivity index (χ4v) is 3.29. The van der Waals surface area contributed by atoms with E-state index in [-0.39, 0.29) is 5.91 Å². The van der Waals surface area contributed by atoms with Crippen molar-refractivity contribution in [1.82, 2.24) is 4.90 Å². The SMILES string of the molecule is Cc1cc(Br)ccc1C(=O)N1CCc2cccc(N)c2C1. The number of fused-ring (bicyclic) bond motifs is 1. The van der Waals surface area contributed by atoms with Crippen molar-refractivity contribution in [2.24, 2.45) is 0 Å². The molecule has 0 spiro atoms. The molecule has 0 bridgehead atoms. The molecule has 1 aliphatic heterocycles. The number of aryl methyl sites for hydroxylation is 1. The minimum absolute atomic E-state index is 0.0777. The second-order valence-electron chi connectivity index (χ2n) is 5.42. The Kier molecular flexibility index (Phi) is 3.72. The van der Waals surface area contributed by atoms with E-state index in [0.717, 1.165) is 39.8 Å². The Balaban J connectivity index is 1.89. The van der Waals surface area contributed by atoms with Gasteiger partial charge in [0.2, 0.25) is 0 Å². The number of rotatable bonds is 1. The maximum atomic E-state index is 12.7. The first-order chi connectivity index (χ1) is 10.1. The number of benzene rings is 2. The van der Waals surface area contributed by atoms with Gasteiger partial charge in [0, 0.05) is 28.8 Å². The molecule has 2 aromatic carbocycles. The van der Waals surface area contributed by atoms with E-state index in [1.807, 2.05) is 42.2 Å². The van der Waals surface area contributed by atoms with Crippen molar-refractivity contribution >= 4 is 27.5 Å². The standard InChI is InChI=1S/C17H17BrN2O/c1-11-9-13(18)5-6-14(11)17(21)20-8-7-12-3-2-4-16(19)15(12)10-20/h2-6,9H,7-8,10,19H2,1H3. The van der Waals surface area contributed by atoms with Gasteiger partial charge in [0.15, 0.2) is 0 Å². The fraction of sp³-hybridized carbons (Fsp3) is 0.235. The lowest BCUT2D eigenvalue weighted by Gasteiger charge is -2.30. The summed E-state index contributed by atoms with van der Waals surface area (Å²) >= 11 is 3.43. The van der Waals surface area contributed by atoms with Crippen LogP contribution in [0.3, 0.4) is 0 Å². The molecule has 3 nitrogen and oxygen atoms in total. The average molecular weight is 345 g/mol. The highest BCUT2D eigenvalue weighted by molar-refractivity contribution is 9.10. The molecule has 0 saturated carbocycles. The van der Waals surface area contributed by atoms with Crippen LogP contribution in [0.2, 0.25) is 0 Å². The number of hydrogen-bond acceptors (Lipinski definition) is 2. The van der Waals surface area contributed by atoms with Crippen LogP contribution in [-0.4, -0.2) is 17.4 Å². The third-order valence-corrected chi connectivity index (χ3v) is 4.51. The summed E-state index contributed by atoms with van der Waals surface area (Å²) in [6.45, 7) is 3.30. The van der Waals surface area contributed by atoms with E-state index in [1.54, 1.807) is 0 Å². The zero-order chi connectivity index (χ0) is 15.0. The maximum absolute atomic E-state index is 12.7. The largest absolute Gasteiger partial charge is 0.398 e. The summed E-state index contributed by atoms with van der Waals surface area (Å²) in [5.74, 6) is 0.0777. The van der Waals surface area contributed by atoms with Gasteiger partial charge in [0.05, 0.1) is 0 Å². The van der Waals surface area contributed by atoms with Crippen molar-refractivity contribution < 1.29 is 4.79 Å². The Labute approximate surface area is 132 Å². The number of carbonyl (C=O) groups excluding carboxylic acids is 1. The summed E-state index contributed by atoms with van der Waals surface area (Å²) < 4.78 is 0.991. The van der Waals surface area contributed by atoms with Crippen LogP contribution in [0.4, 0.5) is 5.69 Å². The highest BCUT2D eigenvalue weighted by Crippen LogP contribution is 2.26. The predicted octanol–water partition coefficient (Wildman–Crippen LogP) is 3.54. The third-order valence-electron chi connectivity index (χ3n) is 4.02.